The number of nitrogens with one attached hydrogen (secondary N) is 2. The molecule has 0 unspecified atom stereocenters. The average Bonchev–Trinajstić information content (AvgIpc) is 2.61. The summed E-state index contributed by atoms with van der Waals surface area (Å²) in [4.78, 5) is 12.0. The fraction of sp³-hybridized carbons (Fsp3) is 0.278. The molecule has 0 aromatic heterocycles. The Morgan fingerprint density at radius 2 is 2.04 bits per heavy atom. The standard InChI is InChI=1S/C18H17Cl2FN2O2.ClH/c19-14-3-2-12(9-15(14)20)25-8-6-17(24)23-16-4-1-11-10-22-7-5-13(11)18(16)21;/h1-4,9,22H,5-8,10H2,(H,23,24);1H. The van der Waals surface area contributed by atoms with E-state index in [4.69, 9.17) is 27.9 Å². The zero-order chi connectivity index (χ0) is 17.8. The van der Waals surface area contributed by atoms with E-state index in [9.17, 15) is 9.18 Å². The minimum Gasteiger partial charge on any atom is -0.493 e. The van der Waals surface area contributed by atoms with Gasteiger partial charge in [-0.3, -0.25) is 4.79 Å². The van der Waals surface area contributed by atoms with Crippen LogP contribution in [0.15, 0.2) is 30.3 Å². The van der Waals surface area contributed by atoms with E-state index >= 15 is 0 Å². The van der Waals surface area contributed by atoms with Gasteiger partial charge in [0.2, 0.25) is 5.91 Å². The Morgan fingerprint density at radius 3 is 2.81 bits per heavy atom. The van der Waals surface area contributed by atoms with Crippen LogP contribution in [0, 0.1) is 5.82 Å². The minimum absolute atomic E-state index is 0. The molecule has 0 atom stereocenters. The Hall–Kier alpha value is -1.53. The van der Waals surface area contributed by atoms with Gasteiger partial charge in [0.25, 0.3) is 0 Å². The number of halogens is 4. The van der Waals surface area contributed by atoms with Crippen LogP contribution < -0.4 is 15.4 Å². The van der Waals surface area contributed by atoms with Crippen molar-refractivity contribution in [1.29, 1.82) is 0 Å². The predicted octanol–water partition coefficient (Wildman–Crippen LogP) is 4.61. The SMILES string of the molecule is Cl.O=C(CCOc1ccc(Cl)c(Cl)c1)Nc1ccc2c(c1F)CCNC2. The van der Waals surface area contributed by atoms with E-state index in [1.807, 2.05) is 6.07 Å². The lowest BCUT2D eigenvalue weighted by Crippen LogP contribution is -2.25. The molecular formula is C18H18Cl3FN2O2. The molecular weight excluding hydrogens is 402 g/mol. The lowest BCUT2D eigenvalue weighted by Gasteiger charge is -2.19. The van der Waals surface area contributed by atoms with Gasteiger partial charge in [-0.15, -0.1) is 12.4 Å². The van der Waals surface area contributed by atoms with Crippen molar-refractivity contribution in [1.82, 2.24) is 5.32 Å². The first-order chi connectivity index (χ1) is 12.0. The number of fused-ring (bicyclic) bond motifs is 1. The van der Waals surface area contributed by atoms with Gasteiger partial charge < -0.3 is 15.4 Å². The first-order valence-electron chi connectivity index (χ1n) is 7.93. The van der Waals surface area contributed by atoms with E-state index in [1.54, 1.807) is 24.3 Å². The molecule has 4 nitrogen and oxygen atoms in total. The summed E-state index contributed by atoms with van der Waals surface area (Å²) in [6.45, 7) is 1.54. The molecule has 0 saturated heterocycles. The van der Waals surface area contributed by atoms with Crippen molar-refractivity contribution in [2.24, 2.45) is 0 Å². The molecule has 0 aliphatic carbocycles. The Labute approximate surface area is 167 Å². The summed E-state index contributed by atoms with van der Waals surface area (Å²) in [7, 11) is 0. The topological polar surface area (TPSA) is 50.4 Å². The van der Waals surface area contributed by atoms with Gasteiger partial charge in [-0.2, -0.15) is 0 Å². The second-order valence-electron chi connectivity index (χ2n) is 5.71. The third kappa shape index (κ3) is 5.01. The summed E-state index contributed by atoms with van der Waals surface area (Å²) < 4.78 is 19.9. The van der Waals surface area contributed by atoms with Crippen LogP contribution in [0.4, 0.5) is 10.1 Å². The maximum atomic E-state index is 14.5. The molecule has 0 saturated carbocycles. The summed E-state index contributed by atoms with van der Waals surface area (Å²) in [6, 6.07) is 8.31. The Morgan fingerprint density at radius 1 is 1.23 bits per heavy atom. The third-order valence-corrected chi connectivity index (χ3v) is 4.71. The van der Waals surface area contributed by atoms with Crippen LogP contribution in [0.3, 0.4) is 0 Å². The third-order valence-electron chi connectivity index (χ3n) is 3.97. The lowest BCUT2D eigenvalue weighted by atomic mass is 9.99. The molecule has 1 amide bonds. The van der Waals surface area contributed by atoms with Gasteiger partial charge in [0, 0.05) is 12.6 Å². The number of anilines is 1. The van der Waals surface area contributed by atoms with Gasteiger partial charge in [-0.05, 0) is 42.3 Å². The van der Waals surface area contributed by atoms with E-state index in [0.717, 1.165) is 12.1 Å². The number of ether oxygens (including phenoxy) is 1. The summed E-state index contributed by atoms with van der Waals surface area (Å²) >= 11 is 11.7. The predicted molar refractivity (Wildman–Crippen MR) is 104 cm³/mol. The second-order valence-corrected chi connectivity index (χ2v) is 6.53. The summed E-state index contributed by atoms with van der Waals surface area (Å²) in [5.74, 6) is -0.139. The van der Waals surface area contributed by atoms with Crippen LogP contribution in [-0.4, -0.2) is 19.1 Å². The monoisotopic (exact) mass is 418 g/mol. The minimum atomic E-state index is -0.349. The van der Waals surface area contributed by atoms with Crippen molar-refractivity contribution in [3.05, 3.63) is 57.3 Å². The van der Waals surface area contributed by atoms with Gasteiger partial charge in [0.15, 0.2) is 0 Å². The molecule has 0 radical (unpaired) electrons. The molecule has 140 valence electrons. The highest BCUT2D eigenvalue weighted by Crippen LogP contribution is 2.27. The van der Waals surface area contributed by atoms with Gasteiger partial charge in [0.1, 0.15) is 11.6 Å². The van der Waals surface area contributed by atoms with Gasteiger partial charge in [-0.25, -0.2) is 4.39 Å². The zero-order valence-corrected chi connectivity index (χ0v) is 16.1. The molecule has 2 N–H and O–H groups in total. The quantitative estimate of drug-likeness (QED) is 0.744. The summed E-state index contributed by atoms with van der Waals surface area (Å²) in [6.07, 6.45) is 0.712. The van der Waals surface area contributed by atoms with Crippen LogP contribution in [0.25, 0.3) is 0 Å². The molecule has 2 aromatic rings. The highest BCUT2D eigenvalue weighted by Gasteiger charge is 2.17. The number of carbonyl (C=O) groups is 1. The normalized spacial score (nSPS) is 12.7. The highest BCUT2D eigenvalue weighted by molar-refractivity contribution is 6.42. The Balaban J connectivity index is 0.00000243. The maximum absolute atomic E-state index is 14.5. The molecule has 1 aliphatic rings. The Kier molecular flexibility index (Phi) is 7.53. The van der Waals surface area contributed by atoms with E-state index in [2.05, 4.69) is 10.6 Å². The second kappa shape index (κ2) is 9.42. The Bertz CT molecular complexity index is 802. The number of carbonyl (C=O) groups excluding carboxylic acids is 1. The van der Waals surface area contributed by atoms with Gasteiger partial charge in [0.05, 0.1) is 28.8 Å². The first-order valence-corrected chi connectivity index (χ1v) is 8.69. The summed E-state index contributed by atoms with van der Waals surface area (Å²) in [5, 5.41) is 6.62. The van der Waals surface area contributed by atoms with E-state index in [0.29, 0.717) is 34.3 Å². The molecule has 26 heavy (non-hydrogen) atoms. The molecule has 2 aromatic carbocycles. The van der Waals surface area contributed by atoms with Crippen molar-refractivity contribution < 1.29 is 13.9 Å². The largest absolute Gasteiger partial charge is 0.493 e. The van der Waals surface area contributed by atoms with E-state index in [-0.39, 0.29) is 42.8 Å². The van der Waals surface area contributed by atoms with Gasteiger partial charge in [-0.1, -0.05) is 29.3 Å². The van der Waals surface area contributed by atoms with Crippen molar-refractivity contribution in [2.45, 2.75) is 19.4 Å². The molecule has 1 aliphatic heterocycles. The molecule has 8 heteroatoms. The lowest BCUT2D eigenvalue weighted by molar-refractivity contribution is -0.116. The van der Waals surface area contributed by atoms with E-state index < -0.39 is 0 Å². The number of benzene rings is 2. The zero-order valence-electron chi connectivity index (χ0n) is 13.8. The molecule has 1 heterocycles. The van der Waals surface area contributed by atoms with Crippen LogP contribution in [-0.2, 0) is 17.8 Å². The number of hydrogen-bond acceptors (Lipinski definition) is 3. The van der Waals surface area contributed by atoms with Crippen LogP contribution >= 0.6 is 35.6 Å². The molecule has 0 fully saturated rings. The van der Waals surface area contributed by atoms with Crippen LogP contribution in [0.1, 0.15) is 17.5 Å². The molecule has 0 spiro atoms. The maximum Gasteiger partial charge on any atom is 0.227 e. The number of hydrogen-bond donors (Lipinski definition) is 2. The highest BCUT2D eigenvalue weighted by atomic mass is 35.5. The average molecular weight is 420 g/mol. The van der Waals surface area contributed by atoms with Crippen molar-refractivity contribution in [3.8, 4) is 5.75 Å². The molecule has 3 rings (SSSR count). The van der Waals surface area contributed by atoms with Gasteiger partial charge >= 0.3 is 0 Å². The van der Waals surface area contributed by atoms with E-state index in [1.165, 1.54) is 0 Å². The van der Waals surface area contributed by atoms with Crippen molar-refractivity contribution >= 4 is 47.2 Å². The van der Waals surface area contributed by atoms with Crippen molar-refractivity contribution in [2.75, 3.05) is 18.5 Å². The van der Waals surface area contributed by atoms with Crippen LogP contribution in [0.2, 0.25) is 10.0 Å². The summed E-state index contributed by atoms with van der Waals surface area (Å²) in [5.41, 5.74) is 1.81. The smallest absolute Gasteiger partial charge is 0.227 e. The first kappa shape index (κ1) is 20.8. The fourth-order valence-electron chi connectivity index (χ4n) is 2.67. The molecule has 0 bridgehead atoms. The van der Waals surface area contributed by atoms with Crippen molar-refractivity contribution in [3.63, 3.8) is 0 Å². The number of rotatable bonds is 5. The number of amides is 1. The van der Waals surface area contributed by atoms with Crippen LogP contribution in [0.5, 0.6) is 5.75 Å². The fourth-order valence-corrected chi connectivity index (χ4v) is 2.96.